The van der Waals surface area contributed by atoms with Crippen molar-refractivity contribution in [2.75, 3.05) is 26.2 Å². The van der Waals surface area contributed by atoms with Gasteiger partial charge in [0.05, 0.1) is 6.10 Å². The van der Waals surface area contributed by atoms with E-state index in [1.54, 1.807) is 0 Å². The number of hydrogen-bond donors (Lipinski definition) is 1. The molecule has 1 saturated carbocycles. The van der Waals surface area contributed by atoms with Crippen molar-refractivity contribution < 1.29 is 5.11 Å². The third kappa shape index (κ3) is 2.99. The first-order chi connectivity index (χ1) is 9.25. The molecule has 19 heavy (non-hydrogen) atoms. The Labute approximate surface area is 115 Å². The maximum absolute atomic E-state index is 10.5. The Bertz CT molecular complexity index is 396. The van der Waals surface area contributed by atoms with E-state index in [1.165, 1.54) is 12.8 Å². The van der Waals surface area contributed by atoms with Gasteiger partial charge in [-0.15, -0.1) is 0 Å². The van der Waals surface area contributed by atoms with Crippen LogP contribution in [-0.2, 0) is 0 Å². The van der Waals surface area contributed by atoms with Gasteiger partial charge in [0, 0.05) is 38.3 Å². The van der Waals surface area contributed by atoms with Gasteiger partial charge in [-0.05, 0) is 25.3 Å². The molecule has 3 rings (SSSR count). The number of rotatable bonds is 4. The molecule has 1 aromatic carbocycles. The number of benzene rings is 1. The lowest BCUT2D eigenvalue weighted by Gasteiger charge is -2.39. The minimum absolute atomic E-state index is 0.198. The lowest BCUT2D eigenvalue weighted by Crippen LogP contribution is -2.51. The molecule has 3 heteroatoms. The molecule has 104 valence electrons. The Morgan fingerprint density at radius 3 is 2.26 bits per heavy atom. The van der Waals surface area contributed by atoms with Gasteiger partial charge in [0.15, 0.2) is 0 Å². The van der Waals surface area contributed by atoms with Crippen LogP contribution in [0, 0.1) is 0 Å². The predicted octanol–water partition coefficient (Wildman–Crippen LogP) is 1.89. The number of hydrogen-bond acceptors (Lipinski definition) is 3. The van der Waals surface area contributed by atoms with Gasteiger partial charge in [-0.1, -0.05) is 30.3 Å². The van der Waals surface area contributed by atoms with Gasteiger partial charge in [0.25, 0.3) is 0 Å². The first kappa shape index (κ1) is 13.1. The molecule has 0 radical (unpaired) electrons. The lowest BCUT2D eigenvalue weighted by atomic mass is 10.0. The SMILES string of the molecule is CC(C(O)c1ccccc1)N1CCN(C2CC2)CC1. The van der Waals surface area contributed by atoms with E-state index in [2.05, 4.69) is 16.7 Å². The molecule has 1 N–H and O–H groups in total. The van der Waals surface area contributed by atoms with E-state index < -0.39 is 0 Å². The summed E-state index contributed by atoms with van der Waals surface area (Å²) in [5.41, 5.74) is 1.03. The molecule has 3 nitrogen and oxygen atoms in total. The van der Waals surface area contributed by atoms with Crippen LogP contribution in [0.15, 0.2) is 30.3 Å². The van der Waals surface area contributed by atoms with Gasteiger partial charge in [0.2, 0.25) is 0 Å². The Morgan fingerprint density at radius 2 is 1.68 bits per heavy atom. The molecule has 2 aliphatic rings. The summed E-state index contributed by atoms with van der Waals surface area (Å²) in [6.07, 6.45) is 2.40. The van der Waals surface area contributed by atoms with Crippen LogP contribution in [0.5, 0.6) is 0 Å². The third-order valence-electron chi connectivity index (χ3n) is 4.59. The molecular formula is C16H24N2O. The molecule has 1 aliphatic heterocycles. The van der Waals surface area contributed by atoms with Gasteiger partial charge in [-0.2, -0.15) is 0 Å². The summed E-state index contributed by atoms with van der Waals surface area (Å²) in [6.45, 7) is 6.64. The monoisotopic (exact) mass is 260 g/mol. The van der Waals surface area contributed by atoms with Crippen LogP contribution in [0.2, 0.25) is 0 Å². The molecule has 1 aromatic rings. The molecule has 1 saturated heterocycles. The van der Waals surface area contributed by atoms with E-state index in [-0.39, 0.29) is 12.1 Å². The highest BCUT2D eigenvalue weighted by molar-refractivity contribution is 5.18. The molecule has 1 aliphatic carbocycles. The summed E-state index contributed by atoms with van der Waals surface area (Å²) in [7, 11) is 0. The quantitative estimate of drug-likeness (QED) is 0.895. The molecule has 0 amide bonds. The normalized spacial score (nSPS) is 25.2. The van der Waals surface area contributed by atoms with Crippen molar-refractivity contribution in [3.05, 3.63) is 35.9 Å². The standard InChI is InChI=1S/C16H24N2O/c1-13(16(19)14-5-3-2-4-6-14)17-9-11-18(12-10-17)15-7-8-15/h2-6,13,15-16,19H,7-12H2,1H3. The fourth-order valence-electron chi connectivity index (χ4n) is 3.08. The molecule has 0 spiro atoms. The van der Waals surface area contributed by atoms with E-state index >= 15 is 0 Å². The number of aliphatic hydroxyl groups is 1. The van der Waals surface area contributed by atoms with Crippen LogP contribution in [-0.4, -0.2) is 53.2 Å². The van der Waals surface area contributed by atoms with E-state index in [1.807, 2.05) is 30.3 Å². The van der Waals surface area contributed by atoms with Gasteiger partial charge >= 0.3 is 0 Å². The molecular weight excluding hydrogens is 236 g/mol. The van der Waals surface area contributed by atoms with E-state index in [0.717, 1.165) is 37.8 Å². The molecule has 0 aromatic heterocycles. The second-order valence-electron chi connectivity index (χ2n) is 5.90. The average molecular weight is 260 g/mol. The molecule has 1 heterocycles. The zero-order valence-corrected chi connectivity index (χ0v) is 11.7. The van der Waals surface area contributed by atoms with Gasteiger partial charge in [0.1, 0.15) is 0 Å². The van der Waals surface area contributed by atoms with Gasteiger partial charge < -0.3 is 5.11 Å². The summed E-state index contributed by atoms with van der Waals surface area (Å²) >= 11 is 0. The fraction of sp³-hybridized carbons (Fsp3) is 0.625. The van der Waals surface area contributed by atoms with Crippen LogP contribution >= 0.6 is 0 Å². The van der Waals surface area contributed by atoms with Crippen molar-refractivity contribution in [1.82, 2.24) is 9.80 Å². The number of piperazine rings is 1. The van der Waals surface area contributed by atoms with E-state index in [4.69, 9.17) is 0 Å². The molecule has 2 fully saturated rings. The predicted molar refractivity (Wildman–Crippen MR) is 77.0 cm³/mol. The highest BCUT2D eigenvalue weighted by atomic mass is 16.3. The van der Waals surface area contributed by atoms with Crippen molar-refractivity contribution in [2.24, 2.45) is 0 Å². The zero-order valence-electron chi connectivity index (χ0n) is 11.7. The van der Waals surface area contributed by atoms with E-state index in [9.17, 15) is 5.11 Å². The van der Waals surface area contributed by atoms with Crippen molar-refractivity contribution in [2.45, 2.75) is 38.0 Å². The molecule has 2 atom stereocenters. The lowest BCUT2D eigenvalue weighted by molar-refractivity contribution is 0.0244. The second kappa shape index (κ2) is 5.61. The minimum Gasteiger partial charge on any atom is -0.387 e. The minimum atomic E-state index is -0.381. The second-order valence-corrected chi connectivity index (χ2v) is 5.90. The molecule has 0 bridgehead atoms. The molecule has 2 unspecified atom stereocenters. The van der Waals surface area contributed by atoms with E-state index in [0.29, 0.717) is 0 Å². The van der Waals surface area contributed by atoms with Gasteiger partial charge in [-0.3, -0.25) is 9.80 Å². The van der Waals surface area contributed by atoms with Crippen LogP contribution in [0.4, 0.5) is 0 Å². The topological polar surface area (TPSA) is 26.7 Å². The highest BCUT2D eigenvalue weighted by Crippen LogP contribution is 2.29. The Balaban J connectivity index is 1.56. The zero-order chi connectivity index (χ0) is 13.2. The van der Waals surface area contributed by atoms with Crippen LogP contribution in [0.25, 0.3) is 0 Å². The Kier molecular flexibility index (Phi) is 3.87. The fourth-order valence-corrected chi connectivity index (χ4v) is 3.08. The van der Waals surface area contributed by atoms with Gasteiger partial charge in [-0.25, -0.2) is 0 Å². The third-order valence-corrected chi connectivity index (χ3v) is 4.59. The van der Waals surface area contributed by atoms with Crippen LogP contribution in [0.1, 0.15) is 31.4 Å². The van der Waals surface area contributed by atoms with Crippen molar-refractivity contribution >= 4 is 0 Å². The summed E-state index contributed by atoms with van der Waals surface area (Å²) in [4.78, 5) is 5.04. The highest BCUT2D eigenvalue weighted by Gasteiger charge is 2.33. The summed E-state index contributed by atoms with van der Waals surface area (Å²) in [6, 6.07) is 11.1. The smallest absolute Gasteiger partial charge is 0.0942 e. The average Bonchev–Trinajstić information content (AvgIpc) is 3.31. The summed E-state index contributed by atoms with van der Waals surface area (Å²) < 4.78 is 0. The summed E-state index contributed by atoms with van der Waals surface area (Å²) in [5.74, 6) is 0. The number of nitrogens with zero attached hydrogens (tertiary/aromatic N) is 2. The van der Waals surface area contributed by atoms with Crippen molar-refractivity contribution in [3.63, 3.8) is 0 Å². The van der Waals surface area contributed by atoms with Crippen molar-refractivity contribution in [3.8, 4) is 0 Å². The number of aliphatic hydroxyl groups excluding tert-OH is 1. The Hall–Kier alpha value is -0.900. The largest absolute Gasteiger partial charge is 0.387 e. The van der Waals surface area contributed by atoms with Crippen molar-refractivity contribution in [1.29, 1.82) is 0 Å². The maximum Gasteiger partial charge on any atom is 0.0942 e. The first-order valence-electron chi connectivity index (χ1n) is 7.47. The van der Waals surface area contributed by atoms with Crippen LogP contribution in [0.3, 0.4) is 0 Å². The summed E-state index contributed by atoms with van der Waals surface area (Å²) in [5, 5.41) is 10.5. The maximum atomic E-state index is 10.5. The Morgan fingerprint density at radius 1 is 1.05 bits per heavy atom. The van der Waals surface area contributed by atoms with Crippen LogP contribution < -0.4 is 0 Å². The first-order valence-corrected chi connectivity index (χ1v) is 7.47.